The fourth-order valence-electron chi connectivity index (χ4n) is 2.79. The Morgan fingerprint density at radius 1 is 1.26 bits per heavy atom. The Morgan fingerprint density at radius 3 is 2.47 bits per heavy atom. The van der Waals surface area contributed by atoms with Crippen molar-refractivity contribution in [3.8, 4) is 6.07 Å². The zero-order chi connectivity index (χ0) is 14.1. The Bertz CT molecular complexity index is 316. The van der Waals surface area contributed by atoms with E-state index in [9.17, 15) is 10.1 Å². The van der Waals surface area contributed by atoms with Gasteiger partial charge in [0.25, 0.3) is 0 Å². The summed E-state index contributed by atoms with van der Waals surface area (Å²) < 4.78 is 0. The molecule has 0 aromatic heterocycles. The van der Waals surface area contributed by atoms with Crippen molar-refractivity contribution in [1.29, 1.82) is 5.26 Å². The minimum Gasteiger partial charge on any atom is -0.353 e. The van der Waals surface area contributed by atoms with Gasteiger partial charge in [-0.25, -0.2) is 0 Å². The van der Waals surface area contributed by atoms with Gasteiger partial charge in [0, 0.05) is 13.1 Å². The summed E-state index contributed by atoms with van der Waals surface area (Å²) in [5.41, 5.74) is -0.750. The van der Waals surface area contributed by atoms with Crippen LogP contribution in [-0.2, 0) is 4.79 Å². The average Bonchev–Trinajstić information content (AvgIpc) is 2.46. The summed E-state index contributed by atoms with van der Waals surface area (Å²) in [6, 6.07) is 2.27. The fourth-order valence-corrected chi connectivity index (χ4v) is 2.79. The third kappa shape index (κ3) is 4.50. The Kier molecular flexibility index (Phi) is 6.86. The van der Waals surface area contributed by atoms with Crippen LogP contribution in [0.5, 0.6) is 0 Å². The van der Waals surface area contributed by atoms with Gasteiger partial charge in [0.05, 0.1) is 6.07 Å². The molecule has 1 saturated carbocycles. The van der Waals surface area contributed by atoms with Crippen LogP contribution in [0.15, 0.2) is 0 Å². The monoisotopic (exact) mass is 265 g/mol. The topological polar surface area (TPSA) is 56.1 Å². The van der Waals surface area contributed by atoms with Crippen molar-refractivity contribution in [1.82, 2.24) is 10.2 Å². The van der Waals surface area contributed by atoms with Gasteiger partial charge in [0.1, 0.15) is 5.41 Å². The fraction of sp³-hybridized carbons (Fsp3) is 0.867. The molecule has 0 spiro atoms. The van der Waals surface area contributed by atoms with Crippen molar-refractivity contribution in [3.05, 3.63) is 0 Å². The summed E-state index contributed by atoms with van der Waals surface area (Å²) in [6.07, 6.45) is 5.72. The van der Waals surface area contributed by atoms with E-state index in [1.54, 1.807) is 0 Å². The largest absolute Gasteiger partial charge is 0.353 e. The number of nitrogens with zero attached hydrogens (tertiary/aromatic N) is 2. The molecule has 0 heterocycles. The summed E-state index contributed by atoms with van der Waals surface area (Å²) in [4.78, 5) is 14.5. The Hall–Kier alpha value is -1.08. The third-order valence-electron chi connectivity index (χ3n) is 4.06. The van der Waals surface area contributed by atoms with E-state index in [0.717, 1.165) is 58.2 Å². The minimum absolute atomic E-state index is 0.0535. The van der Waals surface area contributed by atoms with Crippen LogP contribution < -0.4 is 5.32 Å². The van der Waals surface area contributed by atoms with Crippen molar-refractivity contribution >= 4 is 5.91 Å². The van der Waals surface area contributed by atoms with Gasteiger partial charge in [0.2, 0.25) is 5.91 Å². The van der Waals surface area contributed by atoms with Gasteiger partial charge < -0.3 is 10.2 Å². The maximum Gasteiger partial charge on any atom is 0.240 e. The number of likely N-dealkylation sites (N-methyl/N-ethyl adjacent to an activating group) is 1. The zero-order valence-electron chi connectivity index (χ0n) is 12.4. The Morgan fingerprint density at radius 2 is 1.95 bits per heavy atom. The lowest BCUT2D eigenvalue weighted by Crippen LogP contribution is -2.44. The molecule has 0 saturated heterocycles. The van der Waals surface area contributed by atoms with Gasteiger partial charge in [-0.2, -0.15) is 5.26 Å². The van der Waals surface area contributed by atoms with Crippen molar-refractivity contribution in [2.75, 3.05) is 26.2 Å². The summed E-state index contributed by atoms with van der Waals surface area (Å²) in [7, 11) is 0. The van der Waals surface area contributed by atoms with E-state index in [0.29, 0.717) is 6.54 Å². The maximum atomic E-state index is 12.2. The molecule has 4 nitrogen and oxygen atoms in total. The lowest BCUT2D eigenvalue weighted by molar-refractivity contribution is -0.129. The molecule has 0 radical (unpaired) electrons. The number of nitrogens with one attached hydrogen (secondary N) is 1. The molecule has 0 aliphatic heterocycles. The van der Waals surface area contributed by atoms with Crippen LogP contribution in [0.25, 0.3) is 0 Å². The van der Waals surface area contributed by atoms with E-state index in [-0.39, 0.29) is 5.91 Å². The second-order valence-electron chi connectivity index (χ2n) is 5.44. The summed E-state index contributed by atoms with van der Waals surface area (Å²) in [6.45, 7) is 7.89. The highest BCUT2D eigenvalue weighted by atomic mass is 16.2. The SMILES string of the molecule is CCCN(CC)CCNC(=O)C1(C#N)CCCCC1. The van der Waals surface area contributed by atoms with Crippen LogP contribution in [-0.4, -0.2) is 37.0 Å². The van der Waals surface area contributed by atoms with Gasteiger partial charge in [-0.15, -0.1) is 0 Å². The number of amides is 1. The number of rotatable bonds is 7. The van der Waals surface area contributed by atoms with Crippen LogP contribution in [0.1, 0.15) is 52.4 Å². The van der Waals surface area contributed by atoms with E-state index in [2.05, 4.69) is 30.1 Å². The first-order chi connectivity index (χ1) is 9.18. The first-order valence-corrected chi connectivity index (χ1v) is 7.60. The van der Waals surface area contributed by atoms with Gasteiger partial charge in [-0.1, -0.05) is 33.1 Å². The summed E-state index contributed by atoms with van der Waals surface area (Å²) in [5, 5.41) is 12.3. The normalized spacial score (nSPS) is 18.0. The third-order valence-corrected chi connectivity index (χ3v) is 4.06. The molecular weight excluding hydrogens is 238 g/mol. The molecular formula is C15H27N3O. The molecule has 4 heteroatoms. The molecule has 1 rings (SSSR count). The first-order valence-electron chi connectivity index (χ1n) is 7.60. The Labute approximate surface area is 117 Å². The van der Waals surface area contributed by atoms with E-state index < -0.39 is 5.41 Å². The zero-order valence-corrected chi connectivity index (χ0v) is 12.4. The van der Waals surface area contributed by atoms with Gasteiger partial charge in [-0.3, -0.25) is 4.79 Å². The average molecular weight is 265 g/mol. The molecule has 0 bridgehead atoms. The van der Waals surface area contributed by atoms with Crippen molar-refractivity contribution in [2.24, 2.45) is 5.41 Å². The lowest BCUT2D eigenvalue weighted by atomic mass is 9.74. The van der Waals surface area contributed by atoms with Crippen LogP contribution in [0, 0.1) is 16.7 Å². The van der Waals surface area contributed by atoms with E-state index >= 15 is 0 Å². The van der Waals surface area contributed by atoms with E-state index in [4.69, 9.17) is 0 Å². The van der Waals surface area contributed by atoms with Crippen LogP contribution in [0.4, 0.5) is 0 Å². The van der Waals surface area contributed by atoms with Crippen molar-refractivity contribution in [2.45, 2.75) is 52.4 Å². The lowest BCUT2D eigenvalue weighted by Gasteiger charge is -2.29. The second kappa shape index (κ2) is 8.16. The van der Waals surface area contributed by atoms with E-state index in [1.165, 1.54) is 0 Å². The first kappa shape index (κ1) is 16.0. The molecule has 0 unspecified atom stereocenters. The van der Waals surface area contributed by atoms with Gasteiger partial charge in [-0.05, 0) is 32.4 Å². The second-order valence-corrected chi connectivity index (χ2v) is 5.44. The summed E-state index contributed by atoms with van der Waals surface area (Å²) >= 11 is 0. The van der Waals surface area contributed by atoms with Crippen molar-refractivity contribution < 1.29 is 4.79 Å². The minimum atomic E-state index is -0.750. The predicted octanol–water partition coefficient (Wildman–Crippen LogP) is 2.31. The van der Waals surface area contributed by atoms with Crippen LogP contribution >= 0.6 is 0 Å². The van der Waals surface area contributed by atoms with Crippen LogP contribution in [0.2, 0.25) is 0 Å². The highest BCUT2D eigenvalue weighted by molar-refractivity contribution is 5.85. The molecule has 1 aliphatic rings. The molecule has 0 atom stereocenters. The van der Waals surface area contributed by atoms with Crippen molar-refractivity contribution in [3.63, 3.8) is 0 Å². The van der Waals surface area contributed by atoms with Gasteiger partial charge in [0.15, 0.2) is 0 Å². The molecule has 108 valence electrons. The number of nitriles is 1. The smallest absolute Gasteiger partial charge is 0.240 e. The predicted molar refractivity (Wildman–Crippen MR) is 76.5 cm³/mol. The molecule has 1 aliphatic carbocycles. The number of carbonyl (C=O) groups excluding carboxylic acids is 1. The maximum absolute atomic E-state index is 12.2. The van der Waals surface area contributed by atoms with E-state index in [1.807, 2.05) is 0 Å². The molecule has 1 fully saturated rings. The molecule has 0 aromatic carbocycles. The molecule has 0 aromatic rings. The quantitative estimate of drug-likeness (QED) is 0.768. The molecule has 1 N–H and O–H groups in total. The number of hydrogen-bond acceptors (Lipinski definition) is 3. The molecule has 1 amide bonds. The van der Waals surface area contributed by atoms with Gasteiger partial charge >= 0.3 is 0 Å². The highest BCUT2D eigenvalue weighted by Gasteiger charge is 2.39. The molecule has 19 heavy (non-hydrogen) atoms. The Balaban J connectivity index is 2.39. The number of hydrogen-bond donors (Lipinski definition) is 1. The summed E-state index contributed by atoms with van der Waals surface area (Å²) in [5.74, 6) is -0.0535. The highest BCUT2D eigenvalue weighted by Crippen LogP contribution is 2.35. The number of carbonyl (C=O) groups is 1. The standard InChI is InChI=1S/C15H27N3O/c1-3-11-18(4-2)12-10-17-14(19)15(13-16)8-6-5-7-9-15/h3-12H2,1-2H3,(H,17,19). The van der Waals surface area contributed by atoms with Crippen LogP contribution in [0.3, 0.4) is 0 Å².